The van der Waals surface area contributed by atoms with Gasteiger partial charge in [-0.25, -0.2) is 18.2 Å². The molecule has 216 valence electrons. The normalized spacial score (nSPS) is 12.4. The minimum atomic E-state index is -3.95. The number of sulfone groups is 1. The average Bonchev–Trinajstić information content (AvgIpc) is 2.94. The van der Waals surface area contributed by atoms with Gasteiger partial charge in [-0.15, -0.1) is 0 Å². The third-order valence-corrected chi connectivity index (χ3v) is 8.65. The number of nitrogens with one attached hydrogen (secondary N) is 2. The lowest BCUT2D eigenvalue weighted by atomic mass is 10.1. The number of halogens is 3. The molecule has 0 spiro atoms. The number of carbonyl (C=O) groups excluding carboxylic acids is 1. The number of anilines is 2. The van der Waals surface area contributed by atoms with Gasteiger partial charge in [0.05, 0.1) is 31.1 Å². The van der Waals surface area contributed by atoms with Gasteiger partial charge in [0.2, 0.25) is 9.84 Å². The number of carboxylic acids is 1. The fourth-order valence-corrected chi connectivity index (χ4v) is 6.10. The molecule has 0 aromatic heterocycles. The highest BCUT2D eigenvalue weighted by atomic mass is 35.5. The Morgan fingerprint density at radius 3 is 2.12 bits per heavy atom. The predicted octanol–water partition coefficient (Wildman–Crippen LogP) is 6.15. The minimum Gasteiger partial charge on any atom is -0.480 e. The number of hydrogen-bond acceptors (Lipinski definition) is 5. The molecule has 0 aliphatic carbocycles. The summed E-state index contributed by atoms with van der Waals surface area (Å²) in [5, 5.41) is 15.8. The van der Waals surface area contributed by atoms with Crippen molar-refractivity contribution >= 4 is 73.9 Å². The van der Waals surface area contributed by atoms with Crippen LogP contribution in [-0.4, -0.2) is 37.4 Å². The highest BCUT2D eigenvalue weighted by molar-refractivity contribution is 7.91. The lowest BCUT2D eigenvalue weighted by Crippen LogP contribution is -2.30. The molecule has 9 nitrogen and oxygen atoms in total. The molecule has 0 unspecified atom stereocenters. The first kappa shape index (κ1) is 30.9. The van der Waals surface area contributed by atoms with Gasteiger partial charge in [-0.05, 0) is 60.2 Å². The van der Waals surface area contributed by atoms with Gasteiger partial charge in [0.25, 0.3) is 5.91 Å². The Bertz CT molecular complexity index is 1750. The van der Waals surface area contributed by atoms with Crippen LogP contribution in [0.5, 0.6) is 0 Å². The third-order valence-electron chi connectivity index (χ3n) is 5.96. The van der Waals surface area contributed by atoms with Crippen molar-refractivity contribution in [2.45, 2.75) is 22.3 Å². The standard InChI is InChI=1S/C29H23Cl3N4O5S/c30-18-11-14-25(42(40,41)20-5-2-1-3-6-20)23(16-18)35-29(33)36-24(28(38)39)15-17-9-12-19(13-10-17)34-27(37)26-21(31)7-4-8-22(26)32/h1-14,16,24H,15H2,(H,34,37)(H,38,39)(H3,33,35,36)/t24-/m0/s1. The van der Waals surface area contributed by atoms with E-state index in [1.165, 1.54) is 30.3 Å². The molecular weight excluding hydrogens is 623 g/mol. The van der Waals surface area contributed by atoms with E-state index in [0.29, 0.717) is 11.3 Å². The zero-order chi connectivity index (χ0) is 30.4. The van der Waals surface area contributed by atoms with Crippen molar-refractivity contribution in [1.82, 2.24) is 0 Å². The number of carboxylic acid groups (broad SMARTS) is 1. The van der Waals surface area contributed by atoms with Crippen molar-refractivity contribution < 1.29 is 23.1 Å². The van der Waals surface area contributed by atoms with E-state index in [1.54, 1.807) is 60.7 Å². The van der Waals surface area contributed by atoms with E-state index >= 15 is 0 Å². The van der Waals surface area contributed by atoms with Crippen LogP contribution < -0.4 is 16.4 Å². The van der Waals surface area contributed by atoms with Crippen LogP contribution in [0.4, 0.5) is 11.4 Å². The Labute approximate surface area is 256 Å². The van der Waals surface area contributed by atoms with Crippen LogP contribution in [0, 0.1) is 0 Å². The second-order valence-corrected chi connectivity index (χ2v) is 12.1. The topological polar surface area (TPSA) is 151 Å². The summed E-state index contributed by atoms with van der Waals surface area (Å²) in [5.41, 5.74) is 7.22. The molecule has 1 atom stereocenters. The molecule has 4 aromatic rings. The summed E-state index contributed by atoms with van der Waals surface area (Å²) in [6.07, 6.45) is -0.0486. The van der Waals surface area contributed by atoms with Crippen LogP contribution >= 0.6 is 34.8 Å². The lowest BCUT2D eigenvalue weighted by Gasteiger charge is -2.15. The van der Waals surface area contributed by atoms with Gasteiger partial charge in [-0.3, -0.25) is 4.79 Å². The molecule has 4 rings (SSSR count). The first-order chi connectivity index (χ1) is 20.0. The summed E-state index contributed by atoms with van der Waals surface area (Å²) in [7, 11) is -3.95. The number of nitrogens with zero attached hydrogens (tertiary/aromatic N) is 1. The summed E-state index contributed by atoms with van der Waals surface area (Å²) in [4.78, 5) is 28.6. The largest absolute Gasteiger partial charge is 0.480 e. The monoisotopic (exact) mass is 644 g/mol. The van der Waals surface area contributed by atoms with Crippen molar-refractivity contribution in [3.8, 4) is 0 Å². The number of guanidine groups is 1. The number of nitrogens with two attached hydrogens (primary N) is 1. The van der Waals surface area contributed by atoms with Crippen LogP contribution in [-0.2, 0) is 21.1 Å². The maximum Gasteiger partial charge on any atom is 0.328 e. The Kier molecular flexibility index (Phi) is 9.74. The smallest absolute Gasteiger partial charge is 0.328 e. The molecular formula is C29H23Cl3N4O5S. The number of amides is 1. The summed E-state index contributed by atoms with van der Waals surface area (Å²) < 4.78 is 26.5. The van der Waals surface area contributed by atoms with E-state index in [0.717, 1.165) is 0 Å². The second kappa shape index (κ2) is 13.3. The minimum absolute atomic E-state index is 0.0375. The molecule has 5 N–H and O–H groups in total. The van der Waals surface area contributed by atoms with Crippen molar-refractivity contribution in [3.63, 3.8) is 0 Å². The Morgan fingerprint density at radius 2 is 1.50 bits per heavy atom. The van der Waals surface area contributed by atoms with Gasteiger partial charge in [-0.2, -0.15) is 0 Å². The van der Waals surface area contributed by atoms with Crippen molar-refractivity contribution in [3.05, 3.63) is 117 Å². The number of benzene rings is 4. The van der Waals surface area contributed by atoms with Gasteiger partial charge < -0.3 is 21.5 Å². The third kappa shape index (κ3) is 7.40. The van der Waals surface area contributed by atoms with Gasteiger partial charge in [0.15, 0.2) is 12.0 Å². The molecule has 0 radical (unpaired) electrons. The van der Waals surface area contributed by atoms with E-state index < -0.39 is 27.8 Å². The molecule has 13 heteroatoms. The molecule has 42 heavy (non-hydrogen) atoms. The molecule has 4 aromatic carbocycles. The molecule has 0 bridgehead atoms. The summed E-state index contributed by atoms with van der Waals surface area (Å²) in [5.74, 6) is -2.08. The number of carbonyl (C=O) groups is 2. The Hall–Kier alpha value is -4.09. The fraction of sp³-hybridized carbons (Fsp3) is 0.0690. The molecule has 0 saturated carbocycles. The molecule has 0 heterocycles. The zero-order valence-corrected chi connectivity index (χ0v) is 24.7. The Morgan fingerprint density at radius 1 is 0.857 bits per heavy atom. The van der Waals surface area contributed by atoms with Crippen molar-refractivity contribution in [2.24, 2.45) is 10.7 Å². The van der Waals surface area contributed by atoms with Crippen LogP contribution in [0.15, 0.2) is 106 Å². The first-order valence-corrected chi connectivity index (χ1v) is 14.8. The number of aliphatic imine (C=N–C) groups is 1. The SMILES string of the molecule is NC(=N[C@@H](Cc1ccc(NC(=O)c2c(Cl)cccc2Cl)cc1)C(=O)O)Nc1cc(Cl)ccc1S(=O)(=O)c1ccccc1. The quantitative estimate of drug-likeness (QED) is 0.126. The first-order valence-electron chi connectivity index (χ1n) is 12.2. The van der Waals surface area contributed by atoms with E-state index in [4.69, 9.17) is 40.5 Å². The number of rotatable bonds is 9. The Balaban J connectivity index is 1.51. The van der Waals surface area contributed by atoms with Crippen molar-refractivity contribution in [2.75, 3.05) is 10.6 Å². The number of aliphatic carboxylic acids is 1. The van der Waals surface area contributed by atoms with Gasteiger partial charge in [0, 0.05) is 17.1 Å². The summed E-state index contributed by atoms with van der Waals surface area (Å²) in [6, 6.07) is 21.7. The summed E-state index contributed by atoms with van der Waals surface area (Å²) >= 11 is 18.3. The van der Waals surface area contributed by atoms with Gasteiger partial charge in [0.1, 0.15) is 0 Å². The van der Waals surface area contributed by atoms with Crippen LogP contribution in [0.3, 0.4) is 0 Å². The van der Waals surface area contributed by atoms with Crippen LogP contribution in [0.25, 0.3) is 0 Å². The highest BCUT2D eigenvalue weighted by Crippen LogP contribution is 2.30. The summed E-state index contributed by atoms with van der Waals surface area (Å²) in [6.45, 7) is 0. The molecule has 0 saturated heterocycles. The highest BCUT2D eigenvalue weighted by Gasteiger charge is 2.23. The second-order valence-electron chi connectivity index (χ2n) is 8.90. The maximum absolute atomic E-state index is 13.2. The van der Waals surface area contributed by atoms with E-state index in [-0.39, 0.29) is 48.5 Å². The molecule has 0 fully saturated rings. The van der Waals surface area contributed by atoms with Crippen molar-refractivity contribution in [1.29, 1.82) is 0 Å². The predicted molar refractivity (Wildman–Crippen MR) is 165 cm³/mol. The lowest BCUT2D eigenvalue weighted by molar-refractivity contribution is -0.138. The molecule has 0 aliphatic rings. The van der Waals surface area contributed by atoms with E-state index in [2.05, 4.69) is 15.6 Å². The average molecular weight is 646 g/mol. The number of hydrogen-bond donors (Lipinski definition) is 4. The van der Waals surface area contributed by atoms with Gasteiger partial charge in [-0.1, -0.05) is 71.2 Å². The molecule has 1 amide bonds. The molecule has 0 aliphatic heterocycles. The fourth-order valence-electron chi connectivity index (χ4n) is 3.94. The van der Waals surface area contributed by atoms with E-state index in [1.807, 2.05) is 0 Å². The van der Waals surface area contributed by atoms with Crippen LogP contribution in [0.2, 0.25) is 15.1 Å². The van der Waals surface area contributed by atoms with E-state index in [9.17, 15) is 23.1 Å². The van der Waals surface area contributed by atoms with Gasteiger partial charge >= 0.3 is 5.97 Å². The van der Waals surface area contributed by atoms with Crippen LogP contribution in [0.1, 0.15) is 15.9 Å². The maximum atomic E-state index is 13.2. The zero-order valence-electron chi connectivity index (χ0n) is 21.6.